The van der Waals surface area contributed by atoms with Crippen LogP contribution in [0.4, 0.5) is 0 Å². The molecule has 6 heteroatoms. The van der Waals surface area contributed by atoms with Crippen molar-refractivity contribution in [1.82, 2.24) is 0 Å². The Morgan fingerprint density at radius 3 is 2.33 bits per heavy atom. The molecule has 2 unspecified atom stereocenters. The third-order valence-electron chi connectivity index (χ3n) is 1.55. The molecule has 0 aliphatic rings. The highest BCUT2D eigenvalue weighted by molar-refractivity contribution is 4.67. The van der Waals surface area contributed by atoms with Gasteiger partial charge in [-0.25, -0.2) is 11.8 Å². The first kappa shape index (κ1) is 11.8. The van der Waals surface area contributed by atoms with Crippen molar-refractivity contribution >= 4 is 0 Å². The summed E-state index contributed by atoms with van der Waals surface area (Å²) in [6, 6.07) is 0. The Labute approximate surface area is 71.0 Å². The highest BCUT2D eigenvalue weighted by atomic mass is 16.6. The minimum absolute atomic E-state index is 0.0809. The Morgan fingerprint density at radius 2 is 1.92 bits per heavy atom. The van der Waals surface area contributed by atoms with Gasteiger partial charge < -0.3 is 15.1 Å². The van der Waals surface area contributed by atoms with E-state index in [0.29, 0.717) is 12.8 Å². The molecule has 12 heavy (non-hydrogen) atoms. The maximum atomic E-state index is 9.32. The van der Waals surface area contributed by atoms with Crippen LogP contribution < -0.4 is 11.8 Å². The first-order valence-electron chi connectivity index (χ1n) is 3.72. The fourth-order valence-corrected chi connectivity index (χ4v) is 0.853. The summed E-state index contributed by atoms with van der Waals surface area (Å²) in [6.07, 6.45) is -0.698. The van der Waals surface area contributed by atoms with Gasteiger partial charge in [0.25, 0.3) is 0 Å². The van der Waals surface area contributed by atoms with Crippen LogP contribution in [-0.4, -0.2) is 35.6 Å². The summed E-state index contributed by atoms with van der Waals surface area (Å²) in [6.45, 7) is 0.148. The molecule has 0 saturated heterocycles. The van der Waals surface area contributed by atoms with Crippen molar-refractivity contribution in [3.63, 3.8) is 0 Å². The standard InChI is InChI=1S/C6H16N2O4/c7-11-4-2-5(10)6(12-8)1-3-9/h5-6,9-10H,1-4,7-8H2. The van der Waals surface area contributed by atoms with Crippen LogP contribution >= 0.6 is 0 Å². The number of rotatable bonds is 7. The van der Waals surface area contributed by atoms with Gasteiger partial charge >= 0.3 is 0 Å². The highest BCUT2D eigenvalue weighted by Crippen LogP contribution is 2.05. The van der Waals surface area contributed by atoms with E-state index in [4.69, 9.17) is 16.9 Å². The van der Waals surface area contributed by atoms with Gasteiger partial charge in [0.05, 0.1) is 12.7 Å². The van der Waals surface area contributed by atoms with Crippen LogP contribution in [0.25, 0.3) is 0 Å². The second-order valence-electron chi connectivity index (χ2n) is 2.41. The third-order valence-corrected chi connectivity index (χ3v) is 1.55. The Morgan fingerprint density at radius 1 is 1.25 bits per heavy atom. The van der Waals surface area contributed by atoms with Crippen molar-refractivity contribution in [3.05, 3.63) is 0 Å². The average Bonchev–Trinajstić information content (AvgIpc) is 2.10. The first-order chi connectivity index (χ1) is 5.76. The van der Waals surface area contributed by atoms with Crippen LogP contribution in [0.3, 0.4) is 0 Å². The van der Waals surface area contributed by atoms with Crippen molar-refractivity contribution in [2.24, 2.45) is 11.8 Å². The maximum absolute atomic E-state index is 9.32. The molecule has 0 fully saturated rings. The normalized spacial score (nSPS) is 16.0. The first-order valence-corrected chi connectivity index (χ1v) is 3.72. The summed E-state index contributed by atoms with van der Waals surface area (Å²) in [4.78, 5) is 8.71. The molecule has 6 N–H and O–H groups in total. The lowest BCUT2D eigenvalue weighted by molar-refractivity contribution is -0.0607. The van der Waals surface area contributed by atoms with Gasteiger partial charge in [-0.05, 0) is 0 Å². The molecule has 0 spiro atoms. The van der Waals surface area contributed by atoms with Crippen molar-refractivity contribution in [3.8, 4) is 0 Å². The second-order valence-corrected chi connectivity index (χ2v) is 2.41. The number of nitrogens with two attached hydrogens (primary N) is 2. The maximum Gasteiger partial charge on any atom is 0.107 e. The van der Waals surface area contributed by atoms with E-state index in [9.17, 15) is 5.11 Å². The molecule has 0 aromatic heterocycles. The van der Waals surface area contributed by atoms with Crippen LogP contribution in [0.2, 0.25) is 0 Å². The molecule has 0 aliphatic heterocycles. The van der Waals surface area contributed by atoms with Crippen LogP contribution in [-0.2, 0) is 9.68 Å². The van der Waals surface area contributed by atoms with Crippen LogP contribution in [0.1, 0.15) is 12.8 Å². The van der Waals surface area contributed by atoms with E-state index >= 15 is 0 Å². The topological polar surface area (TPSA) is 111 Å². The lowest BCUT2D eigenvalue weighted by atomic mass is 10.1. The summed E-state index contributed by atoms with van der Waals surface area (Å²) in [5.74, 6) is 9.65. The predicted octanol–water partition coefficient (Wildman–Crippen LogP) is -1.73. The predicted molar refractivity (Wildman–Crippen MR) is 41.5 cm³/mol. The Balaban J connectivity index is 3.60. The van der Waals surface area contributed by atoms with E-state index in [1.807, 2.05) is 0 Å². The molecule has 0 aromatic carbocycles. The van der Waals surface area contributed by atoms with E-state index in [2.05, 4.69) is 9.68 Å². The molecule has 0 heterocycles. The minimum atomic E-state index is -0.759. The largest absolute Gasteiger partial charge is 0.396 e. The van der Waals surface area contributed by atoms with E-state index < -0.39 is 12.2 Å². The van der Waals surface area contributed by atoms with Gasteiger partial charge in [-0.2, -0.15) is 0 Å². The number of aliphatic hydroxyl groups excluding tert-OH is 2. The van der Waals surface area contributed by atoms with E-state index in [1.165, 1.54) is 0 Å². The summed E-state index contributed by atoms with van der Waals surface area (Å²) < 4.78 is 0. The van der Waals surface area contributed by atoms with Gasteiger partial charge in [-0.1, -0.05) is 0 Å². The van der Waals surface area contributed by atoms with E-state index in [0.717, 1.165) is 0 Å². The zero-order chi connectivity index (χ0) is 9.40. The van der Waals surface area contributed by atoms with E-state index in [-0.39, 0.29) is 13.2 Å². The lowest BCUT2D eigenvalue weighted by Gasteiger charge is -2.19. The molecule has 6 nitrogen and oxygen atoms in total. The second kappa shape index (κ2) is 7.41. The zero-order valence-electron chi connectivity index (χ0n) is 6.85. The van der Waals surface area contributed by atoms with Crippen molar-refractivity contribution in [2.45, 2.75) is 25.0 Å². The van der Waals surface area contributed by atoms with Gasteiger partial charge in [0.15, 0.2) is 0 Å². The summed E-state index contributed by atoms with van der Waals surface area (Å²) in [5.41, 5.74) is 0. The zero-order valence-corrected chi connectivity index (χ0v) is 6.85. The van der Waals surface area contributed by atoms with Crippen molar-refractivity contribution < 1.29 is 19.9 Å². The molecule has 74 valence electrons. The number of hydrogen-bond donors (Lipinski definition) is 4. The summed E-state index contributed by atoms with van der Waals surface area (Å²) >= 11 is 0. The summed E-state index contributed by atoms with van der Waals surface area (Å²) in [5, 5.41) is 17.9. The fourth-order valence-electron chi connectivity index (χ4n) is 0.853. The molecular weight excluding hydrogens is 164 g/mol. The van der Waals surface area contributed by atoms with Gasteiger partial charge in [0.2, 0.25) is 0 Å². The molecule has 0 amide bonds. The molecule has 0 bridgehead atoms. The summed E-state index contributed by atoms with van der Waals surface area (Å²) in [7, 11) is 0. The number of hydrogen-bond acceptors (Lipinski definition) is 6. The van der Waals surface area contributed by atoms with Crippen molar-refractivity contribution in [1.29, 1.82) is 0 Å². The molecule has 0 rings (SSSR count). The highest BCUT2D eigenvalue weighted by Gasteiger charge is 2.18. The SMILES string of the molecule is NOCCC(O)C(CCO)ON. The monoisotopic (exact) mass is 180 g/mol. The van der Waals surface area contributed by atoms with Crippen molar-refractivity contribution in [2.75, 3.05) is 13.2 Å². The Bertz CT molecular complexity index is 104. The molecule has 2 atom stereocenters. The molecule has 0 radical (unpaired) electrons. The van der Waals surface area contributed by atoms with Crippen LogP contribution in [0.5, 0.6) is 0 Å². The fraction of sp³-hybridized carbons (Fsp3) is 1.00. The van der Waals surface area contributed by atoms with Crippen LogP contribution in [0, 0.1) is 0 Å². The molecule has 0 aliphatic carbocycles. The molecular formula is C6H16N2O4. The van der Waals surface area contributed by atoms with Gasteiger partial charge in [-0.3, -0.25) is 4.84 Å². The van der Waals surface area contributed by atoms with Gasteiger partial charge in [0.1, 0.15) is 6.10 Å². The van der Waals surface area contributed by atoms with Gasteiger partial charge in [0, 0.05) is 19.4 Å². The quantitative estimate of drug-likeness (QED) is 0.346. The average molecular weight is 180 g/mol. The minimum Gasteiger partial charge on any atom is -0.396 e. The molecule has 0 saturated carbocycles. The number of aliphatic hydroxyl groups is 2. The Hall–Kier alpha value is -0.240. The lowest BCUT2D eigenvalue weighted by Crippen LogP contribution is -2.33. The molecule has 0 aromatic rings. The van der Waals surface area contributed by atoms with E-state index in [1.54, 1.807) is 0 Å². The van der Waals surface area contributed by atoms with Crippen LogP contribution in [0.15, 0.2) is 0 Å². The smallest absolute Gasteiger partial charge is 0.107 e. The van der Waals surface area contributed by atoms with Gasteiger partial charge in [-0.15, -0.1) is 0 Å². The third kappa shape index (κ3) is 4.60. The Kier molecular flexibility index (Phi) is 7.26.